The van der Waals surface area contributed by atoms with Crippen molar-refractivity contribution in [2.24, 2.45) is 0 Å². The van der Waals surface area contributed by atoms with Crippen molar-refractivity contribution >= 4 is 29.3 Å². The van der Waals surface area contributed by atoms with Crippen molar-refractivity contribution in [1.82, 2.24) is 4.57 Å². The molecule has 1 aliphatic heterocycles. The van der Waals surface area contributed by atoms with Crippen molar-refractivity contribution in [1.29, 1.82) is 0 Å². The quantitative estimate of drug-likeness (QED) is 0.891. The van der Waals surface area contributed by atoms with Gasteiger partial charge in [-0.3, -0.25) is 0 Å². The number of thioether (sulfide) groups is 1. The lowest BCUT2D eigenvalue weighted by Gasteiger charge is -2.11. The molecule has 1 atom stereocenters. The summed E-state index contributed by atoms with van der Waals surface area (Å²) < 4.78 is 1.74. The van der Waals surface area contributed by atoms with Crippen molar-refractivity contribution in [3.63, 3.8) is 0 Å². The van der Waals surface area contributed by atoms with Crippen LogP contribution in [0.4, 0.5) is 0 Å². The summed E-state index contributed by atoms with van der Waals surface area (Å²) in [6.45, 7) is 0.749. The average Bonchev–Trinajstić information content (AvgIpc) is 2.75. The summed E-state index contributed by atoms with van der Waals surface area (Å²) in [5.41, 5.74) is 0.285. The van der Waals surface area contributed by atoms with Crippen molar-refractivity contribution < 1.29 is 9.90 Å². The zero-order valence-corrected chi connectivity index (χ0v) is 9.72. The van der Waals surface area contributed by atoms with Crippen LogP contribution in [0.25, 0.3) is 0 Å². The van der Waals surface area contributed by atoms with Crippen molar-refractivity contribution in [3.05, 3.63) is 23.0 Å². The molecule has 5 heteroatoms. The minimum absolute atomic E-state index is 0.285. The Morgan fingerprint density at radius 2 is 2.53 bits per heavy atom. The predicted octanol–water partition coefficient (Wildman–Crippen LogP) is 2.74. The molecule has 0 aromatic carbocycles. The van der Waals surface area contributed by atoms with E-state index in [1.54, 1.807) is 10.8 Å². The van der Waals surface area contributed by atoms with Gasteiger partial charge in [-0.1, -0.05) is 11.6 Å². The molecule has 0 spiro atoms. The Labute approximate surface area is 97.4 Å². The first-order chi connectivity index (χ1) is 7.16. The summed E-state index contributed by atoms with van der Waals surface area (Å²) in [6, 6.07) is 1.50. The molecule has 1 unspecified atom stereocenters. The lowest BCUT2D eigenvalue weighted by atomic mass is 10.2. The normalized spacial score (nSPS) is 20.7. The molecular weight excluding hydrogens is 234 g/mol. The van der Waals surface area contributed by atoms with E-state index in [0.29, 0.717) is 10.3 Å². The van der Waals surface area contributed by atoms with Gasteiger partial charge in [0, 0.05) is 18.0 Å². The van der Waals surface area contributed by atoms with E-state index < -0.39 is 5.97 Å². The first kappa shape index (κ1) is 10.9. The van der Waals surface area contributed by atoms with E-state index >= 15 is 0 Å². The second-order valence-corrected chi connectivity index (χ2v) is 5.48. The van der Waals surface area contributed by atoms with Gasteiger partial charge in [0.1, 0.15) is 5.69 Å². The van der Waals surface area contributed by atoms with E-state index in [9.17, 15) is 4.79 Å². The van der Waals surface area contributed by atoms with Crippen LogP contribution >= 0.6 is 23.4 Å². The molecule has 0 aliphatic carbocycles. The highest BCUT2D eigenvalue weighted by molar-refractivity contribution is 8.00. The monoisotopic (exact) mass is 245 g/mol. The maximum atomic E-state index is 10.9. The maximum Gasteiger partial charge on any atom is 0.352 e. The number of halogens is 1. The van der Waals surface area contributed by atoms with Crippen molar-refractivity contribution in [2.75, 3.05) is 5.75 Å². The minimum atomic E-state index is -0.912. The number of carboxylic acid groups (broad SMARTS) is 1. The average molecular weight is 246 g/mol. The van der Waals surface area contributed by atoms with Crippen LogP contribution in [0.1, 0.15) is 23.3 Å². The molecular formula is C10H12ClNO2S. The number of aromatic nitrogens is 1. The molecule has 1 saturated heterocycles. The third-order valence-electron chi connectivity index (χ3n) is 2.51. The van der Waals surface area contributed by atoms with Crippen molar-refractivity contribution in [2.45, 2.75) is 24.6 Å². The Morgan fingerprint density at radius 3 is 3.13 bits per heavy atom. The lowest BCUT2D eigenvalue weighted by Crippen LogP contribution is -2.14. The van der Waals surface area contributed by atoms with Crippen molar-refractivity contribution in [3.8, 4) is 0 Å². The second-order valence-electron chi connectivity index (χ2n) is 3.64. The number of aromatic carboxylic acids is 1. The topological polar surface area (TPSA) is 42.2 Å². The third-order valence-corrected chi connectivity index (χ3v) is 4.09. The van der Waals surface area contributed by atoms with Crippen LogP contribution in [0.3, 0.4) is 0 Å². The molecule has 82 valence electrons. The molecule has 1 aliphatic rings. The van der Waals surface area contributed by atoms with Gasteiger partial charge < -0.3 is 9.67 Å². The fourth-order valence-electron chi connectivity index (χ4n) is 1.81. The van der Waals surface area contributed by atoms with Gasteiger partial charge in [0.25, 0.3) is 0 Å². The lowest BCUT2D eigenvalue weighted by molar-refractivity contribution is 0.0685. The molecule has 0 amide bonds. The summed E-state index contributed by atoms with van der Waals surface area (Å²) >= 11 is 7.71. The highest BCUT2D eigenvalue weighted by Gasteiger charge is 2.19. The standard InChI is InChI=1S/C10H12ClNO2S/c11-7-4-9(10(13)14)12(5-7)6-8-2-1-3-15-8/h4-5,8H,1-3,6H2,(H,13,14). The van der Waals surface area contributed by atoms with E-state index in [0.717, 1.165) is 6.54 Å². The van der Waals surface area contributed by atoms with Crippen LogP contribution < -0.4 is 0 Å². The van der Waals surface area contributed by atoms with Gasteiger partial charge in [0.15, 0.2) is 0 Å². The summed E-state index contributed by atoms with van der Waals surface area (Å²) in [6.07, 6.45) is 4.09. The van der Waals surface area contributed by atoms with Crippen LogP contribution in [0, 0.1) is 0 Å². The first-order valence-corrected chi connectivity index (χ1v) is 6.30. The largest absolute Gasteiger partial charge is 0.477 e. The Bertz CT molecular complexity index is 371. The van der Waals surface area contributed by atoms with E-state index in [1.807, 2.05) is 11.8 Å². The smallest absolute Gasteiger partial charge is 0.352 e. The Morgan fingerprint density at radius 1 is 1.73 bits per heavy atom. The molecule has 0 saturated carbocycles. The van der Waals surface area contributed by atoms with E-state index in [1.165, 1.54) is 24.7 Å². The van der Waals surface area contributed by atoms with Gasteiger partial charge in [-0.2, -0.15) is 11.8 Å². The Balaban J connectivity index is 2.15. The molecule has 2 heterocycles. The third kappa shape index (κ3) is 2.49. The fraction of sp³-hybridized carbons (Fsp3) is 0.500. The Kier molecular flexibility index (Phi) is 3.26. The molecule has 1 N–H and O–H groups in total. The summed E-state index contributed by atoms with van der Waals surface area (Å²) in [4.78, 5) is 10.9. The molecule has 1 aromatic heterocycles. The van der Waals surface area contributed by atoms with Gasteiger partial charge in [0.05, 0.1) is 5.02 Å². The molecule has 1 aromatic rings. The van der Waals surface area contributed by atoms with Crippen LogP contribution in [-0.2, 0) is 6.54 Å². The van der Waals surface area contributed by atoms with Gasteiger partial charge >= 0.3 is 5.97 Å². The van der Waals surface area contributed by atoms with Crippen LogP contribution in [0.2, 0.25) is 5.02 Å². The number of carboxylic acids is 1. The zero-order valence-electron chi connectivity index (χ0n) is 8.15. The predicted molar refractivity (Wildman–Crippen MR) is 61.9 cm³/mol. The number of nitrogens with zero attached hydrogens (tertiary/aromatic N) is 1. The van der Waals surface area contributed by atoms with Gasteiger partial charge in [-0.25, -0.2) is 4.79 Å². The molecule has 0 radical (unpaired) electrons. The van der Waals surface area contributed by atoms with E-state index in [4.69, 9.17) is 16.7 Å². The molecule has 15 heavy (non-hydrogen) atoms. The SMILES string of the molecule is O=C(O)c1cc(Cl)cn1CC1CCCS1. The van der Waals surface area contributed by atoms with Crippen LogP contribution in [-0.4, -0.2) is 26.6 Å². The van der Waals surface area contributed by atoms with Crippen LogP contribution in [0.5, 0.6) is 0 Å². The highest BCUT2D eigenvalue weighted by Crippen LogP contribution is 2.28. The van der Waals surface area contributed by atoms with Gasteiger partial charge in [0.2, 0.25) is 0 Å². The summed E-state index contributed by atoms with van der Waals surface area (Å²) in [5.74, 6) is 0.270. The fourth-order valence-corrected chi connectivity index (χ4v) is 3.30. The molecule has 0 bridgehead atoms. The minimum Gasteiger partial charge on any atom is -0.477 e. The van der Waals surface area contributed by atoms with Gasteiger partial charge in [-0.05, 0) is 24.7 Å². The molecule has 3 nitrogen and oxygen atoms in total. The second kappa shape index (κ2) is 4.49. The summed E-state index contributed by atoms with van der Waals surface area (Å²) in [7, 11) is 0. The number of rotatable bonds is 3. The van der Waals surface area contributed by atoms with Crippen LogP contribution in [0.15, 0.2) is 12.3 Å². The summed E-state index contributed by atoms with van der Waals surface area (Å²) in [5, 5.41) is 10.00. The Hall–Kier alpha value is -0.610. The van der Waals surface area contributed by atoms with E-state index in [2.05, 4.69) is 0 Å². The van der Waals surface area contributed by atoms with E-state index in [-0.39, 0.29) is 5.69 Å². The molecule has 2 rings (SSSR count). The highest BCUT2D eigenvalue weighted by atomic mass is 35.5. The maximum absolute atomic E-state index is 10.9. The number of carbonyl (C=O) groups is 1. The number of hydrogen-bond acceptors (Lipinski definition) is 2. The van der Waals surface area contributed by atoms with Gasteiger partial charge in [-0.15, -0.1) is 0 Å². The molecule has 1 fully saturated rings. The zero-order chi connectivity index (χ0) is 10.8. The first-order valence-electron chi connectivity index (χ1n) is 4.87. The number of hydrogen-bond donors (Lipinski definition) is 1.